The van der Waals surface area contributed by atoms with Crippen molar-refractivity contribution in [3.8, 4) is 11.4 Å². The molecule has 42 heavy (non-hydrogen) atoms. The summed E-state index contributed by atoms with van der Waals surface area (Å²) in [4.78, 5) is 25.5. The number of hydrogen-bond acceptors (Lipinski definition) is 8. The zero-order valence-corrected chi connectivity index (χ0v) is 24.7. The van der Waals surface area contributed by atoms with Crippen molar-refractivity contribution < 1.29 is 27.1 Å². The average molecular weight is 613 g/mol. The Labute approximate surface area is 247 Å². The van der Waals surface area contributed by atoms with E-state index >= 15 is 0 Å². The molecule has 0 aliphatic carbocycles. The van der Waals surface area contributed by atoms with Crippen molar-refractivity contribution in [2.75, 3.05) is 31.8 Å². The van der Waals surface area contributed by atoms with Crippen LogP contribution >= 0.6 is 11.8 Å². The summed E-state index contributed by atoms with van der Waals surface area (Å²) in [5.41, 5.74) is 1.42. The summed E-state index contributed by atoms with van der Waals surface area (Å²) in [5, 5.41) is 14.4. The highest BCUT2D eigenvalue weighted by atomic mass is 32.2. The van der Waals surface area contributed by atoms with Gasteiger partial charge >= 0.3 is 0 Å². The van der Waals surface area contributed by atoms with Gasteiger partial charge in [-0.05, 0) is 79.7 Å². The molecule has 0 atom stereocenters. The maximum absolute atomic E-state index is 13.2. The van der Waals surface area contributed by atoms with E-state index in [4.69, 9.17) is 4.74 Å². The number of amides is 2. The van der Waals surface area contributed by atoms with Gasteiger partial charge in [0.05, 0.1) is 23.8 Å². The molecule has 0 aliphatic rings. The van der Waals surface area contributed by atoms with Crippen LogP contribution in [0, 0.1) is 5.82 Å². The first kappa shape index (κ1) is 30.7. The van der Waals surface area contributed by atoms with Crippen LogP contribution in [0.1, 0.15) is 23.1 Å². The number of nitrogens with zero attached hydrogens (tertiary/aromatic N) is 4. The van der Waals surface area contributed by atoms with E-state index in [1.54, 1.807) is 16.7 Å². The molecule has 11 nitrogen and oxygen atoms in total. The molecule has 1 aromatic heterocycles. The summed E-state index contributed by atoms with van der Waals surface area (Å²) in [7, 11) is -0.758. The first-order valence-electron chi connectivity index (χ1n) is 12.7. The van der Waals surface area contributed by atoms with E-state index in [1.165, 1.54) is 62.6 Å². The molecule has 0 saturated heterocycles. The van der Waals surface area contributed by atoms with Crippen molar-refractivity contribution in [3.63, 3.8) is 0 Å². The molecular formula is C28H29FN6O5S2. The topological polar surface area (TPSA) is 136 Å². The number of halogens is 1. The summed E-state index contributed by atoms with van der Waals surface area (Å²) in [5.74, 6) is -0.0705. The van der Waals surface area contributed by atoms with Crippen LogP contribution in [0.5, 0.6) is 5.75 Å². The Morgan fingerprint density at radius 1 is 0.976 bits per heavy atom. The van der Waals surface area contributed by atoms with Crippen LogP contribution < -0.4 is 15.4 Å². The molecule has 0 spiro atoms. The van der Waals surface area contributed by atoms with Gasteiger partial charge in [-0.25, -0.2) is 17.1 Å². The number of benzene rings is 3. The van der Waals surface area contributed by atoms with Crippen LogP contribution in [0.15, 0.2) is 82.8 Å². The van der Waals surface area contributed by atoms with E-state index in [2.05, 4.69) is 20.8 Å². The predicted molar refractivity (Wildman–Crippen MR) is 157 cm³/mol. The van der Waals surface area contributed by atoms with Crippen LogP contribution in [-0.2, 0) is 21.4 Å². The Morgan fingerprint density at radius 3 is 2.26 bits per heavy atom. The maximum Gasteiger partial charge on any atom is 0.251 e. The summed E-state index contributed by atoms with van der Waals surface area (Å²) in [6, 6.07) is 18.3. The van der Waals surface area contributed by atoms with Gasteiger partial charge in [-0.3, -0.25) is 14.2 Å². The van der Waals surface area contributed by atoms with Crippen molar-refractivity contribution in [2.45, 2.75) is 23.5 Å². The molecule has 220 valence electrons. The van der Waals surface area contributed by atoms with Crippen LogP contribution in [0.4, 0.5) is 10.1 Å². The number of carbonyl (C=O) groups is 2. The van der Waals surface area contributed by atoms with E-state index in [-0.39, 0.29) is 28.7 Å². The minimum absolute atomic E-state index is 0.000865. The summed E-state index contributed by atoms with van der Waals surface area (Å²) >= 11 is 1.14. The van der Waals surface area contributed by atoms with E-state index in [1.807, 2.05) is 19.1 Å². The second-order valence-electron chi connectivity index (χ2n) is 9.00. The van der Waals surface area contributed by atoms with Crippen molar-refractivity contribution in [1.82, 2.24) is 24.4 Å². The van der Waals surface area contributed by atoms with E-state index < -0.39 is 21.7 Å². The fourth-order valence-corrected chi connectivity index (χ4v) is 5.41. The van der Waals surface area contributed by atoms with Gasteiger partial charge in [0.1, 0.15) is 11.6 Å². The third kappa shape index (κ3) is 7.51. The highest BCUT2D eigenvalue weighted by molar-refractivity contribution is 7.99. The number of nitrogens with one attached hydrogen (secondary N) is 2. The fraction of sp³-hybridized carbons (Fsp3) is 0.214. The number of anilines is 1. The van der Waals surface area contributed by atoms with Gasteiger partial charge in [0.2, 0.25) is 15.9 Å². The monoisotopic (exact) mass is 612 g/mol. The Balaban J connectivity index is 1.50. The number of thioether (sulfide) groups is 1. The van der Waals surface area contributed by atoms with Crippen molar-refractivity contribution in [2.24, 2.45) is 0 Å². The molecule has 0 radical (unpaired) electrons. The van der Waals surface area contributed by atoms with Gasteiger partial charge in [0.15, 0.2) is 11.0 Å². The minimum atomic E-state index is -3.62. The Kier molecular flexibility index (Phi) is 9.93. The number of rotatable bonds is 12. The molecule has 2 N–H and O–H groups in total. The molecule has 0 saturated carbocycles. The van der Waals surface area contributed by atoms with E-state index in [9.17, 15) is 22.4 Å². The van der Waals surface area contributed by atoms with Crippen LogP contribution in [0.2, 0.25) is 0 Å². The lowest BCUT2D eigenvalue weighted by Gasteiger charge is -2.13. The second kappa shape index (κ2) is 13.6. The van der Waals surface area contributed by atoms with Gasteiger partial charge in [-0.15, -0.1) is 10.2 Å². The molecule has 4 aromatic rings. The zero-order chi connectivity index (χ0) is 30.3. The lowest BCUT2D eigenvalue weighted by atomic mass is 10.2. The summed E-state index contributed by atoms with van der Waals surface area (Å²) in [6.07, 6.45) is 0. The fourth-order valence-electron chi connectivity index (χ4n) is 3.74. The molecule has 1 heterocycles. The quantitative estimate of drug-likeness (QED) is 0.231. The van der Waals surface area contributed by atoms with Gasteiger partial charge in [0.25, 0.3) is 5.91 Å². The molecule has 14 heteroatoms. The first-order chi connectivity index (χ1) is 20.1. The first-order valence-corrected chi connectivity index (χ1v) is 15.2. The smallest absolute Gasteiger partial charge is 0.251 e. The van der Waals surface area contributed by atoms with Gasteiger partial charge in [-0.1, -0.05) is 11.8 Å². The number of aromatic nitrogens is 3. The molecule has 0 fully saturated rings. The minimum Gasteiger partial charge on any atom is -0.494 e. The van der Waals surface area contributed by atoms with Crippen molar-refractivity contribution in [1.29, 1.82) is 0 Å². The van der Waals surface area contributed by atoms with E-state index in [0.29, 0.717) is 34.7 Å². The summed E-state index contributed by atoms with van der Waals surface area (Å²) < 4.78 is 46.1. The molecule has 0 aliphatic heterocycles. The van der Waals surface area contributed by atoms with Gasteiger partial charge in [-0.2, -0.15) is 0 Å². The largest absolute Gasteiger partial charge is 0.494 e. The lowest BCUT2D eigenvalue weighted by Crippen LogP contribution is -2.25. The Morgan fingerprint density at radius 2 is 1.64 bits per heavy atom. The normalized spacial score (nSPS) is 11.4. The molecule has 4 rings (SSSR count). The molecule has 2 amide bonds. The number of sulfonamides is 1. The molecule has 0 bridgehead atoms. The van der Waals surface area contributed by atoms with Crippen LogP contribution in [-0.4, -0.2) is 65.8 Å². The third-order valence-corrected chi connectivity index (χ3v) is 8.63. The Hall–Kier alpha value is -4.27. The van der Waals surface area contributed by atoms with Crippen molar-refractivity contribution >= 4 is 39.3 Å². The zero-order valence-electron chi connectivity index (χ0n) is 23.1. The number of carbonyl (C=O) groups excluding carboxylic acids is 2. The maximum atomic E-state index is 13.2. The SMILES string of the molecule is CCOc1ccc(-n2c(CNC(=O)c3ccc(S(=O)(=O)N(C)C)cc3)nnc2SCC(=O)Nc2ccc(F)cc2)cc1. The third-order valence-electron chi connectivity index (χ3n) is 5.87. The van der Waals surface area contributed by atoms with Crippen molar-refractivity contribution in [3.05, 3.63) is 90.0 Å². The molecular weight excluding hydrogens is 583 g/mol. The predicted octanol–water partition coefficient (Wildman–Crippen LogP) is 3.72. The van der Waals surface area contributed by atoms with Crippen LogP contribution in [0.25, 0.3) is 5.69 Å². The molecule has 0 unspecified atom stereocenters. The Bertz CT molecular complexity index is 1640. The van der Waals surface area contributed by atoms with E-state index in [0.717, 1.165) is 16.1 Å². The standard InChI is InChI=1S/C28H29FN6O5S2/c1-4-40-23-13-11-22(12-14-23)35-25(17-30-27(37)19-5-15-24(16-6-19)42(38,39)34(2)3)32-33-28(35)41-18-26(36)31-21-9-7-20(29)8-10-21/h5-16H,4,17-18H2,1-3H3,(H,30,37)(H,31,36). The number of hydrogen-bond donors (Lipinski definition) is 2. The summed E-state index contributed by atoms with van der Waals surface area (Å²) in [6.45, 7) is 2.39. The van der Waals surface area contributed by atoms with Gasteiger partial charge in [0, 0.05) is 31.0 Å². The number of ether oxygens (including phenoxy) is 1. The highest BCUT2D eigenvalue weighted by Gasteiger charge is 2.19. The second-order valence-corrected chi connectivity index (χ2v) is 12.1. The molecule has 3 aromatic carbocycles. The lowest BCUT2D eigenvalue weighted by molar-refractivity contribution is -0.113. The highest BCUT2D eigenvalue weighted by Crippen LogP contribution is 2.24. The van der Waals surface area contributed by atoms with Crippen LogP contribution in [0.3, 0.4) is 0 Å². The van der Waals surface area contributed by atoms with Gasteiger partial charge < -0.3 is 15.4 Å². The average Bonchev–Trinajstić information content (AvgIpc) is 3.39.